The third-order valence-electron chi connectivity index (χ3n) is 10.9. The van der Waals surface area contributed by atoms with E-state index in [2.05, 4.69) is 5.32 Å². The summed E-state index contributed by atoms with van der Waals surface area (Å²) in [6.45, 7) is 4.32. The van der Waals surface area contributed by atoms with E-state index in [-0.39, 0.29) is 0 Å². The van der Waals surface area contributed by atoms with Gasteiger partial charge >= 0.3 is 5.97 Å². The largest absolute Gasteiger partial charge is 0.454 e. The van der Waals surface area contributed by atoms with Crippen molar-refractivity contribution in [1.29, 1.82) is 0 Å². The minimum absolute atomic E-state index is 0.787. The summed E-state index contributed by atoms with van der Waals surface area (Å²) in [5.74, 6) is -1.71. The molecular formula is C34H57NO24. The van der Waals surface area contributed by atoms with Crippen LogP contribution in [0.25, 0.3) is 0 Å². The second kappa shape index (κ2) is 20.1. The summed E-state index contributed by atoms with van der Waals surface area (Å²) in [6.07, 6.45) is -41.2. The summed E-state index contributed by atoms with van der Waals surface area (Å²) in [4.78, 5) is 24.7. The van der Waals surface area contributed by atoms with Crippen LogP contribution < -0.4 is 5.32 Å². The Labute approximate surface area is 336 Å². The first-order valence-corrected chi connectivity index (χ1v) is 19.1. The van der Waals surface area contributed by atoms with Crippen molar-refractivity contribution >= 4 is 11.9 Å². The summed E-state index contributed by atoms with van der Waals surface area (Å²) in [7, 11) is 0. The fourth-order valence-electron chi connectivity index (χ4n) is 7.52. The highest BCUT2D eigenvalue weighted by atomic mass is 16.8. The number of ether oxygens (including phenoxy) is 10. The number of esters is 1. The number of nitrogens with one attached hydrogen (secondary N) is 1. The Morgan fingerprint density at radius 1 is 0.475 bits per heavy atom. The molecule has 5 heterocycles. The van der Waals surface area contributed by atoms with Crippen molar-refractivity contribution in [1.82, 2.24) is 5.32 Å². The molecule has 0 saturated carbocycles. The number of carbonyl (C=O) groups excluding carboxylic acids is 2. The van der Waals surface area contributed by atoms with Crippen LogP contribution in [0, 0.1) is 0 Å². The van der Waals surface area contributed by atoms with Crippen molar-refractivity contribution in [3.8, 4) is 0 Å². The maximum absolute atomic E-state index is 12.7. The predicted octanol–water partition coefficient (Wildman–Crippen LogP) is -8.13. The average Bonchev–Trinajstić information content (AvgIpc) is 3.18. The second-order valence-electron chi connectivity index (χ2n) is 15.2. The molecule has 5 rings (SSSR count). The monoisotopic (exact) mass is 863 g/mol. The summed E-state index contributed by atoms with van der Waals surface area (Å²) in [5.41, 5.74) is 0. The number of aliphatic hydroxyl groups is 12. The van der Waals surface area contributed by atoms with Crippen molar-refractivity contribution in [3.63, 3.8) is 0 Å². The van der Waals surface area contributed by atoms with Gasteiger partial charge in [0.2, 0.25) is 5.91 Å². The van der Waals surface area contributed by atoms with Crippen LogP contribution in [0.3, 0.4) is 0 Å². The van der Waals surface area contributed by atoms with Crippen LogP contribution >= 0.6 is 0 Å². The van der Waals surface area contributed by atoms with E-state index in [1.807, 2.05) is 0 Å². The van der Waals surface area contributed by atoms with Crippen molar-refractivity contribution in [2.45, 2.75) is 188 Å². The van der Waals surface area contributed by atoms with Gasteiger partial charge in [0.05, 0.1) is 31.5 Å². The Hall–Kier alpha value is -1.90. The van der Waals surface area contributed by atoms with E-state index in [4.69, 9.17) is 47.4 Å². The Bertz CT molecular complexity index is 1380. The van der Waals surface area contributed by atoms with Gasteiger partial charge in [0.15, 0.2) is 37.6 Å². The molecule has 342 valence electrons. The first kappa shape index (κ1) is 48.1. The maximum atomic E-state index is 12.7. The van der Waals surface area contributed by atoms with Gasteiger partial charge in [-0.2, -0.15) is 0 Å². The van der Waals surface area contributed by atoms with Crippen molar-refractivity contribution in [3.05, 3.63) is 0 Å². The quantitative estimate of drug-likeness (QED) is 0.0810. The molecule has 1 amide bonds. The molecular weight excluding hydrogens is 806 g/mol. The van der Waals surface area contributed by atoms with Gasteiger partial charge in [-0.1, -0.05) is 0 Å². The van der Waals surface area contributed by atoms with Gasteiger partial charge in [-0.3, -0.25) is 9.59 Å². The van der Waals surface area contributed by atoms with E-state index in [0.29, 0.717) is 0 Å². The lowest BCUT2D eigenvalue weighted by atomic mass is 9.94. The molecule has 25 nitrogen and oxygen atoms in total. The van der Waals surface area contributed by atoms with Crippen LogP contribution in [0.4, 0.5) is 0 Å². The highest BCUT2D eigenvalue weighted by Gasteiger charge is 2.57. The maximum Gasteiger partial charge on any atom is 0.303 e. The Morgan fingerprint density at radius 3 is 1.53 bits per heavy atom. The van der Waals surface area contributed by atoms with Gasteiger partial charge in [0.25, 0.3) is 0 Å². The van der Waals surface area contributed by atoms with Gasteiger partial charge in [-0.05, 0) is 20.8 Å². The van der Waals surface area contributed by atoms with Crippen LogP contribution in [-0.2, 0) is 57.0 Å². The number of hydrogen-bond donors (Lipinski definition) is 13. The Morgan fingerprint density at radius 2 is 0.949 bits per heavy atom. The van der Waals surface area contributed by atoms with Crippen molar-refractivity contribution in [2.75, 3.05) is 13.2 Å². The summed E-state index contributed by atoms with van der Waals surface area (Å²) in [6, 6.07) is -1.67. The van der Waals surface area contributed by atoms with E-state index in [1.54, 1.807) is 0 Å². The first-order chi connectivity index (χ1) is 27.7. The van der Waals surface area contributed by atoms with Gasteiger partial charge in [-0.25, -0.2) is 0 Å². The zero-order chi connectivity index (χ0) is 43.8. The Balaban J connectivity index is 1.55. The number of aliphatic hydroxyl groups excluding tert-OH is 12. The number of amides is 1. The molecule has 0 aromatic carbocycles. The second-order valence-corrected chi connectivity index (χ2v) is 15.2. The van der Waals surface area contributed by atoms with Crippen LogP contribution in [0.5, 0.6) is 0 Å². The molecule has 0 aromatic heterocycles. The van der Waals surface area contributed by atoms with Gasteiger partial charge in [0.1, 0.15) is 97.6 Å². The summed E-state index contributed by atoms with van der Waals surface area (Å²) >= 11 is 0. The zero-order valence-corrected chi connectivity index (χ0v) is 32.6. The number of hydrogen-bond acceptors (Lipinski definition) is 24. The molecule has 0 aromatic rings. The molecule has 5 aliphatic rings. The molecule has 25 heteroatoms. The first-order valence-electron chi connectivity index (χ1n) is 19.1. The third-order valence-corrected chi connectivity index (χ3v) is 10.9. The molecule has 25 atom stereocenters. The average molecular weight is 864 g/mol. The molecule has 5 fully saturated rings. The molecule has 0 aliphatic carbocycles. The fraction of sp³-hybridized carbons (Fsp3) is 0.941. The molecule has 13 N–H and O–H groups in total. The van der Waals surface area contributed by atoms with Gasteiger partial charge < -0.3 is 114 Å². The third kappa shape index (κ3) is 10.3. The zero-order valence-electron chi connectivity index (χ0n) is 32.6. The molecule has 5 aliphatic heterocycles. The molecule has 10 unspecified atom stereocenters. The minimum atomic E-state index is -2.02. The highest BCUT2D eigenvalue weighted by Crippen LogP contribution is 2.37. The normalized spacial score (nSPS) is 50.8. The van der Waals surface area contributed by atoms with Crippen molar-refractivity contribution in [2.24, 2.45) is 0 Å². The minimum Gasteiger partial charge on any atom is -0.454 e. The summed E-state index contributed by atoms with van der Waals surface area (Å²) in [5, 5.41) is 131. The van der Waals surface area contributed by atoms with Crippen molar-refractivity contribution < 1.29 is 118 Å². The lowest BCUT2D eigenvalue weighted by Crippen LogP contribution is -2.70. The Kier molecular flexibility index (Phi) is 16.4. The predicted molar refractivity (Wildman–Crippen MR) is 183 cm³/mol. The molecule has 5 saturated heterocycles. The topological polar surface area (TPSA) is 381 Å². The number of rotatable bonds is 12. The molecule has 59 heavy (non-hydrogen) atoms. The van der Waals surface area contributed by atoms with Crippen LogP contribution in [-0.4, -0.2) is 240 Å². The van der Waals surface area contributed by atoms with Gasteiger partial charge in [-0.15, -0.1) is 0 Å². The smallest absolute Gasteiger partial charge is 0.303 e. The van der Waals surface area contributed by atoms with E-state index in [0.717, 1.165) is 13.8 Å². The van der Waals surface area contributed by atoms with Crippen LogP contribution in [0.1, 0.15) is 34.6 Å². The fourth-order valence-corrected chi connectivity index (χ4v) is 7.52. The molecule has 0 spiro atoms. The lowest BCUT2D eigenvalue weighted by molar-refractivity contribution is -0.403. The SMILES string of the molecule is CC(=O)NC1[C@H](OC2[C@H](OC3[C@H](O)OC(C)[C@H](O)[C@H]3O)OC(C)[C@H](O)[C@H]2O[C@H]2O[C@H](CO)[C@@H](O)C(O)C2O)OC(CO)[C@H](O)[C@@H]1O[C@@H]1OC(C)[C@H](O)[C@@H](O)C1OC(C)=O. The van der Waals surface area contributed by atoms with Gasteiger partial charge in [0, 0.05) is 13.8 Å². The number of carbonyl (C=O) groups is 2. The van der Waals surface area contributed by atoms with Crippen LogP contribution in [0.15, 0.2) is 0 Å². The van der Waals surface area contributed by atoms with E-state index in [9.17, 15) is 70.9 Å². The molecule has 0 bridgehead atoms. The van der Waals surface area contributed by atoms with E-state index in [1.165, 1.54) is 20.8 Å². The molecule has 0 radical (unpaired) electrons. The lowest BCUT2D eigenvalue weighted by Gasteiger charge is -2.51. The van der Waals surface area contributed by atoms with Crippen LogP contribution in [0.2, 0.25) is 0 Å². The van der Waals surface area contributed by atoms with E-state index >= 15 is 0 Å². The standard InChI is InChI=1S/C34H57NO24/c1-8-16(40)22(46)27(30(49)50-8)58-34-29(26(18(42)10(3)52-34)57-32-24(48)21(45)19(43)13(6-36)55-32)59-31-15(35-11(4)38)25(20(44)14(7-37)54-31)56-33-28(53-12(5)39)23(47)17(41)9(2)51-33/h8-10,13-34,36-37,40-49H,6-7H2,1-5H3,(H,35,38)/t8?,9?,10?,13-,14?,15?,16+,17+,18+,19-,20+,21?,22-,23-,24?,25-,26-,27?,28?,29?,30-,31+,32-,33+,34+/m1/s1. The summed E-state index contributed by atoms with van der Waals surface area (Å²) < 4.78 is 57.8. The highest BCUT2D eigenvalue weighted by molar-refractivity contribution is 5.73. The van der Waals surface area contributed by atoms with E-state index < -0.39 is 179 Å².